The standard InChI is InChI=1S/C11H12FNO3/c1-7(14)8-5-4-6-9(10(8)12)11(15)13(2)16-3/h4-6H,1-3H3. The largest absolute Gasteiger partial charge is 0.294 e. The number of hydroxylamine groups is 2. The number of benzene rings is 1. The highest BCUT2D eigenvalue weighted by Crippen LogP contribution is 2.15. The Hall–Kier alpha value is -1.75. The lowest BCUT2D eigenvalue weighted by molar-refractivity contribution is -0.0759. The Morgan fingerprint density at radius 3 is 2.38 bits per heavy atom. The van der Waals surface area contributed by atoms with Gasteiger partial charge in [0.25, 0.3) is 5.91 Å². The maximum Gasteiger partial charge on any atom is 0.280 e. The van der Waals surface area contributed by atoms with Crippen molar-refractivity contribution in [2.45, 2.75) is 6.92 Å². The molecular formula is C11H12FNO3. The van der Waals surface area contributed by atoms with Crippen molar-refractivity contribution in [1.82, 2.24) is 5.06 Å². The van der Waals surface area contributed by atoms with Crippen LogP contribution in [0, 0.1) is 5.82 Å². The molecule has 86 valence electrons. The van der Waals surface area contributed by atoms with E-state index in [1.54, 1.807) is 0 Å². The molecule has 0 aliphatic rings. The zero-order valence-corrected chi connectivity index (χ0v) is 9.28. The third-order valence-corrected chi connectivity index (χ3v) is 2.17. The highest BCUT2D eigenvalue weighted by Gasteiger charge is 2.19. The highest BCUT2D eigenvalue weighted by molar-refractivity contribution is 5.99. The lowest BCUT2D eigenvalue weighted by Crippen LogP contribution is -2.26. The molecule has 0 saturated carbocycles. The molecule has 0 radical (unpaired) electrons. The van der Waals surface area contributed by atoms with E-state index in [-0.39, 0.29) is 11.1 Å². The van der Waals surface area contributed by atoms with Gasteiger partial charge in [-0.1, -0.05) is 6.07 Å². The lowest BCUT2D eigenvalue weighted by Gasteiger charge is -2.14. The second-order valence-electron chi connectivity index (χ2n) is 3.21. The van der Waals surface area contributed by atoms with E-state index in [4.69, 9.17) is 0 Å². The summed E-state index contributed by atoms with van der Waals surface area (Å²) in [7, 11) is 2.66. The summed E-state index contributed by atoms with van der Waals surface area (Å²) in [5.41, 5.74) is -0.285. The lowest BCUT2D eigenvalue weighted by atomic mass is 10.1. The Labute approximate surface area is 92.6 Å². The molecular weight excluding hydrogens is 213 g/mol. The molecule has 0 unspecified atom stereocenters. The zero-order chi connectivity index (χ0) is 12.3. The zero-order valence-electron chi connectivity index (χ0n) is 9.28. The summed E-state index contributed by atoms with van der Waals surface area (Å²) in [6.07, 6.45) is 0. The van der Waals surface area contributed by atoms with Crippen molar-refractivity contribution in [3.8, 4) is 0 Å². The predicted molar refractivity (Wildman–Crippen MR) is 55.5 cm³/mol. The quantitative estimate of drug-likeness (QED) is 0.580. The van der Waals surface area contributed by atoms with Gasteiger partial charge in [0.05, 0.1) is 18.2 Å². The van der Waals surface area contributed by atoms with Crippen LogP contribution in [0.15, 0.2) is 18.2 Å². The maximum atomic E-state index is 13.7. The van der Waals surface area contributed by atoms with Crippen LogP contribution in [-0.2, 0) is 4.84 Å². The molecule has 1 rings (SSSR count). The van der Waals surface area contributed by atoms with Crippen LogP contribution in [0.3, 0.4) is 0 Å². The first-order valence-corrected chi connectivity index (χ1v) is 4.60. The van der Waals surface area contributed by atoms with E-state index in [0.717, 1.165) is 5.06 Å². The minimum atomic E-state index is -0.816. The van der Waals surface area contributed by atoms with E-state index < -0.39 is 17.5 Å². The molecule has 1 amide bonds. The smallest absolute Gasteiger partial charge is 0.280 e. The van der Waals surface area contributed by atoms with E-state index in [1.807, 2.05) is 0 Å². The average molecular weight is 225 g/mol. The molecule has 5 heteroatoms. The number of hydrogen-bond acceptors (Lipinski definition) is 3. The number of rotatable bonds is 3. The van der Waals surface area contributed by atoms with Crippen LogP contribution in [0.4, 0.5) is 4.39 Å². The molecule has 0 N–H and O–H groups in total. The van der Waals surface area contributed by atoms with Gasteiger partial charge in [-0.25, -0.2) is 9.45 Å². The number of Topliss-reactive ketones (excluding diaryl/α,β-unsaturated/α-hetero) is 1. The van der Waals surface area contributed by atoms with Crippen LogP contribution in [0.1, 0.15) is 27.6 Å². The van der Waals surface area contributed by atoms with Crippen molar-refractivity contribution in [3.05, 3.63) is 35.1 Å². The normalized spacial score (nSPS) is 10.0. The number of amides is 1. The maximum absolute atomic E-state index is 13.7. The third kappa shape index (κ3) is 2.25. The first-order valence-electron chi connectivity index (χ1n) is 4.60. The van der Waals surface area contributed by atoms with Crippen LogP contribution in [0.25, 0.3) is 0 Å². The summed E-state index contributed by atoms with van der Waals surface area (Å²) in [5, 5.41) is 0.891. The summed E-state index contributed by atoms with van der Waals surface area (Å²) in [5.74, 6) is -1.88. The number of halogens is 1. The van der Waals surface area contributed by atoms with Crippen LogP contribution in [0.2, 0.25) is 0 Å². The van der Waals surface area contributed by atoms with Crippen LogP contribution >= 0.6 is 0 Å². The number of ketones is 1. The second-order valence-corrected chi connectivity index (χ2v) is 3.21. The molecule has 1 aromatic rings. The Morgan fingerprint density at radius 2 is 1.88 bits per heavy atom. The Morgan fingerprint density at radius 1 is 1.31 bits per heavy atom. The molecule has 0 fully saturated rings. The van der Waals surface area contributed by atoms with Crippen molar-refractivity contribution < 1.29 is 18.8 Å². The van der Waals surface area contributed by atoms with Gasteiger partial charge in [-0.2, -0.15) is 0 Å². The van der Waals surface area contributed by atoms with E-state index >= 15 is 0 Å². The molecule has 16 heavy (non-hydrogen) atoms. The monoisotopic (exact) mass is 225 g/mol. The molecule has 0 atom stereocenters. The fourth-order valence-corrected chi connectivity index (χ4v) is 1.22. The summed E-state index contributed by atoms with van der Waals surface area (Å²) in [4.78, 5) is 27.4. The van der Waals surface area contributed by atoms with Crippen LogP contribution in [-0.4, -0.2) is 30.9 Å². The van der Waals surface area contributed by atoms with E-state index in [0.29, 0.717) is 0 Å². The average Bonchev–Trinajstić information content (AvgIpc) is 2.27. The van der Waals surface area contributed by atoms with Crippen LogP contribution in [0.5, 0.6) is 0 Å². The SMILES string of the molecule is CON(C)C(=O)c1cccc(C(C)=O)c1F. The molecule has 0 spiro atoms. The van der Waals surface area contributed by atoms with Gasteiger partial charge in [-0.05, 0) is 19.1 Å². The van der Waals surface area contributed by atoms with Gasteiger partial charge in [-0.3, -0.25) is 14.4 Å². The van der Waals surface area contributed by atoms with Gasteiger partial charge in [0.1, 0.15) is 5.82 Å². The summed E-state index contributed by atoms with van der Waals surface area (Å²) in [6, 6.07) is 4.09. The number of carbonyl (C=O) groups is 2. The number of nitrogens with zero attached hydrogens (tertiary/aromatic N) is 1. The first kappa shape index (κ1) is 12.3. The molecule has 0 bridgehead atoms. The van der Waals surface area contributed by atoms with Crippen molar-refractivity contribution in [2.75, 3.05) is 14.2 Å². The Bertz CT molecular complexity index is 431. The van der Waals surface area contributed by atoms with Gasteiger partial charge >= 0.3 is 0 Å². The van der Waals surface area contributed by atoms with Gasteiger partial charge in [0.15, 0.2) is 5.78 Å². The Kier molecular flexibility index (Phi) is 3.73. The molecule has 0 aliphatic carbocycles. The predicted octanol–water partition coefficient (Wildman–Crippen LogP) is 1.66. The van der Waals surface area contributed by atoms with Crippen LogP contribution < -0.4 is 0 Å². The topological polar surface area (TPSA) is 46.6 Å². The van der Waals surface area contributed by atoms with Gasteiger partial charge in [0.2, 0.25) is 0 Å². The van der Waals surface area contributed by atoms with Crippen molar-refractivity contribution in [2.24, 2.45) is 0 Å². The third-order valence-electron chi connectivity index (χ3n) is 2.17. The fourth-order valence-electron chi connectivity index (χ4n) is 1.22. The molecule has 0 aromatic heterocycles. The Balaban J connectivity index is 3.20. The van der Waals surface area contributed by atoms with Crippen molar-refractivity contribution >= 4 is 11.7 Å². The minimum absolute atomic E-state index is 0.102. The fraction of sp³-hybridized carbons (Fsp3) is 0.273. The molecule has 0 aliphatic heterocycles. The van der Waals surface area contributed by atoms with Gasteiger partial charge in [0, 0.05) is 7.05 Å². The van der Waals surface area contributed by atoms with E-state index in [1.165, 1.54) is 39.3 Å². The summed E-state index contributed by atoms with van der Waals surface area (Å²) < 4.78 is 13.7. The minimum Gasteiger partial charge on any atom is -0.294 e. The van der Waals surface area contributed by atoms with Gasteiger partial charge < -0.3 is 0 Å². The first-order chi connectivity index (χ1) is 7.49. The number of carbonyl (C=O) groups excluding carboxylic acids is 2. The highest BCUT2D eigenvalue weighted by atomic mass is 19.1. The van der Waals surface area contributed by atoms with E-state index in [2.05, 4.69) is 4.84 Å². The van der Waals surface area contributed by atoms with Gasteiger partial charge in [-0.15, -0.1) is 0 Å². The van der Waals surface area contributed by atoms with Crippen molar-refractivity contribution in [1.29, 1.82) is 0 Å². The summed E-state index contributed by atoms with van der Waals surface area (Å²) in [6.45, 7) is 1.24. The molecule has 1 aromatic carbocycles. The molecule has 4 nitrogen and oxygen atoms in total. The second kappa shape index (κ2) is 4.85. The number of hydrogen-bond donors (Lipinski definition) is 0. The molecule has 0 saturated heterocycles. The molecule has 0 heterocycles. The summed E-state index contributed by atoms with van der Waals surface area (Å²) >= 11 is 0. The van der Waals surface area contributed by atoms with Crippen molar-refractivity contribution in [3.63, 3.8) is 0 Å². The van der Waals surface area contributed by atoms with E-state index in [9.17, 15) is 14.0 Å².